The van der Waals surface area contributed by atoms with Gasteiger partial charge in [0.2, 0.25) is 15.8 Å². The smallest absolute Gasteiger partial charge is 0.341 e. The summed E-state index contributed by atoms with van der Waals surface area (Å²) in [5.74, 6) is -3.45. The van der Waals surface area contributed by atoms with Gasteiger partial charge in [0.1, 0.15) is 5.82 Å². The molecule has 0 radical (unpaired) electrons. The summed E-state index contributed by atoms with van der Waals surface area (Å²) in [6, 6.07) is 2.80. The van der Waals surface area contributed by atoms with E-state index in [0.717, 1.165) is 22.5 Å². The van der Waals surface area contributed by atoms with E-state index in [1.807, 2.05) is 0 Å². The molecule has 0 atom stereocenters. The maximum atomic E-state index is 14.2. The van der Waals surface area contributed by atoms with Crippen LogP contribution in [0.15, 0.2) is 23.1 Å². The molecule has 32 heavy (non-hydrogen) atoms. The van der Waals surface area contributed by atoms with Crippen molar-refractivity contribution in [1.82, 2.24) is 9.29 Å². The number of aryl methyl sites for hydroxylation is 1. The number of esters is 2. The van der Waals surface area contributed by atoms with Crippen molar-refractivity contribution in [2.45, 2.75) is 32.6 Å². The average molecular weight is 469 g/mol. The number of nitrogens with zero attached hydrogens (tertiary/aromatic N) is 1. The van der Waals surface area contributed by atoms with E-state index in [1.165, 1.54) is 14.0 Å². The van der Waals surface area contributed by atoms with Crippen molar-refractivity contribution in [3.63, 3.8) is 0 Å². The number of ether oxygens (including phenoxy) is 2. The molecule has 1 aromatic carbocycles. The molecule has 2 rings (SSSR count). The SMILES string of the molecule is CCN(CC)S(=O)(=O)c1ccc(F)c(C(=O)OCC(=O)c2[nH]c(C)c(C(=O)OC)c2C)c1. The normalized spacial score (nSPS) is 11.5. The third-order valence-electron chi connectivity index (χ3n) is 4.94. The average Bonchev–Trinajstić information content (AvgIpc) is 3.06. The van der Waals surface area contributed by atoms with Crippen LogP contribution in [0.5, 0.6) is 0 Å². The number of nitrogens with one attached hydrogen (secondary N) is 1. The highest BCUT2D eigenvalue weighted by Gasteiger charge is 2.26. The van der Waals surface area contributed by atoms with Crippen molar-refractivity contribution in [3.05, 3.63) is 52.1 Å². The lowest BCUT2D eigenvalue weighted by molar-refractivity contribution is 0.0468. The van der Waals surface area contributed by atoms with Crippen molar-refractivity contribution in [3.8, 4) is 0 Å². The van der Waals surface area contributed by atoms with Gasteiger partial charge in [0.25, 0.3) is 0 Å². The minimum Gasteiger partial charge on any atom is -0.465 e. The molecule has 0 unspecified atom stereocenters. The second kappa shape index (κ2) is 10.0. The number of carbonyl (C=O) groups excluding carboxylic acids is 3. The molecule has 9 nitrogen and oxygen atoms in total. The van der Waals surface area contributed by atoms with Gasteiger partial charge >= 0.3 is 11.9 Å². The summed E-state index contributed by atoms with van der Waals surface area (Å²) in [5.41, 5.74) is 0.371. The molecule has 174 valence electrons. The first-order valence-corrected chi connectivity index (χ1v) is 11.2. The molecular formula is C21H25FN2O7S. The topological polar surface area (TPSA) is 123 Å². The fourth-order valence-electron chi connectivity index (χ4n) is 3.25. The van der Waals surface area contributed by atoms with Crippen LogP contribution in [0.1, 0.15) is 56.3 Å². The molecule has 0 bridgehead atoms. The van der Waals surface area contributed by atoms with E-state index in [4.69, 9.17) is 4.74 Å². The highest BCUT2D eigenvalue weighted by Crippen LogP contribution is 2.21. The van der Waals surface area contributed by atoms with Gasteiger partial charge in [-0.2, -0.15) is 4.31 Å². The van der Waals surface area contributed by atoms with E-state index >= 15 is 0 Å². The lowest BCUT2D eigenvalue weighted by atomic mass is 10.1. The van der Waals surface area contributed by atoms with Gasteiger partial charge in [-0.1, -0.05) is 13.8 Å². The van der Waals surface area contributed by atoms with Crippen LogP contribution in [0.3, 0.4) is 0 Å². The maximum absolute atomic E-state index is 14.2. The Balaban J connectivity index is 2.24. The fraction of sp³-hybridized carbons (Fsp3) is 0.381. The zero-order chi connectivity index (χ0) is 24.2. The van der Waals surface area contributed by atoms with Gasteiger partial charge in [-0.05, 0) is 37.6 Å². The van der Waals surface area contributed by atoms with Crippen molar-refractivity contribution in [2.24, 2.45) is 0 Å². The van der Waals surface area contributed by atoms with E-state index in [-0.39, 0.29) is 29.2 Å². The number of benzene rings is 1. The number of sulfonamides is 1. The molecule has 0 saturated heterocycles. The van der Waals surface area contributed by atoms with Crippen molar-refractivity contribution in [1.29, 1.82) is 0 Å². The molecule has 0 saturated carbocycles. The minimum atomic E-state index is -3.92. The summed E-state index contributed by atoms with van der Waals surface area (Å²) in [7, 11) is -2.71. The van der Waals surface area contributed by atoms with Gasteiger partial charge in [-0.15, -0.1) is 0 Å². The largest absolute Gasteiger partial charge is 0.465 e. The molecule has 0 amide bonds. The highest BCUT2D eigenvalue weighted by molar-refractivity contribution is 7.89. The molecule has 2 aromatic rings. The fourth-order valence-corrected chi connectivity index (χ4v) is 4.74. The first-order chi connectivity index (χ1) is 15.0. The third-order valence-corrected chi connectivity index (χ3v) is 6.99. The van der Waals surface area contributed by atoms with E-state index in [9.17, 15) is 27.2 Å². The first kappa shape index (κ1) is 25.2. The van der Waals surface area contributed by atoms with Crippen LogP contribution in [0.4, 0.5) is 4.39 Å². The number of aromatic amines is 1. The van der Waals surface area contributed by atoms with Crippen LogP contribution in [-0.2, 0) is 19.5 Å². The molecule has 0 aliphatic carbocycles. The van der Waals surface area contributed by atoms with Crippen LogP contribution < -0.4 is 0 Å². The Labute approximate surface area is 185 Å². The van der Waals surface area contributed by atoms with Gasteiger partial charge in [0.05, 0.1) is 28.8 Å². The van der Waals surface area contributed by atoms with Gasteiger partial charge in [0.15, 0.2) is 6.61 Å². The van der Waals surface area contributed by atoms with Gasteiger partial charge in [0, 0.05) is 18.8 Å². The lowest BCUT2D eigenvalue weighted by Crippen LogP contribution is -2.30. The quantitative estimate of drug-likeness (QED) is 0.443. The predicted octanol–water partition coefficient (Wildman–Crippen LogP) is 2.63. The molecule has 1 heterocycles. The minimum absolute atomic E-state index is 0.0500. The monoisotopic (exact) mass is 468 g/mol. The van der Waals surface area contributed by atoms with Crippen LogP contribution in [0.25, 0.3) is 0 Å². The standard InChI is InChI=1S/C21H25FN2O7S/c1-6-24(7-2)32(28,29)14-8-9-16(22)15(10-14)20(26)31-11-17(25)19-12(3)18(13(4)23-19)21(27)30-5/h8-10,23H,6-7,11H2,1-5H3. The number of carbonyl (C=O) groups is 3. The maximum Gasteiger partial charge on any atom is 0.341 e. The lowest BCUT2D eigenvalue weighted by Gasteiger charge is -2.18. The summed E-state index contributed by atoms with van der Waals surface area (Å²) in [6.45, 7) is 6.08. The van der Waals surface area contributed by atoms with Crippen LogP contribution in [0.2, 0.25) is 0 Å². The number of aromatic nitrogens is 1. The second-order valence-corrected chi connectivity index (χ2v) is 8.78. The Bertz CT molecular complexity index is 1150. The number of halogens is 1. The molecular weight excluding hydrogens is 443 g/mol. The van der Waals surface area contributed by atoms with E-state index < -0.39 is 45.7 Å². The second-order valence-electron chi connectivity index (χ2n) is 6.85. The molecule has 1 aromatic heterocycles. The number of hydrogen-bond acceptors (Lipinski definition) is 7. The van der Waals surface area contributed by atoms with Gasteiger partial charge < -0.3 is 14.5 Å². The Morgan fingerprint density at radius 2 is 1.72 bits per heavy atom. The van der Waals surface area contributed by atoms with Crippen molar-refractivity contribution in [2.75, 3.05) is 26.8 Å². The number of H-pyrrole nitrogens is 1. The summed E-state index contributed by atoms with van der Waals surface area (Å²) in [5, 5.41) is 0. The third kappa shape index (κ3) is 4.89. The van der Waals surface area contributed by atoms with Gasteiger partial charge in [-0.3, -0.25) is 4.79 Å². The van der Waals surface area contributed by atoms with Crippen LogP contribution in [0, 0.1) is 19.7 Å². The predicted molar refractivity (Wildman–Crippen MR) is 113 cm³/mol. The Morgan fingerprint density at radius 3 is 2.28 bits per heavy atom. The Hall–Kier alpha value is -3.05. The zero-order valence-corrected chi connectivity index (χ0v) is 19.3. The first-order valence-electron chi connectivity index (χ1n) is 9.76. The number of ketones is 1. The van der Waals surface area contributed by atoms with E-state index in [0.29, 0.717) is 11.3 Å². The summed E-state index contributed by atoms with van der Waals surface area (Å²) < 4.78 is 50.3. The van der Waals surface area contributed by atoms with Crippen LogP contribution >= 0.6 is 0 Å². The number of Topliss-reactive ketones (excluding diaryl/α,β-unsaturated/α-hetero) is 1. The van der Waals surface area contributed by atoms with Crippen molar-refractivity contribution < 1.29 is 36.7 Å². The van der Waals surface area contributed by atoms with E-state index in [2.05, 4.69) is 9.72 Å². The summed E-state index contributed by atoms with van der Waals surface area (Å²) in [4.78, 5) is 39.2. The Morgan fingerprint density at radius 1 is 1.09 bits per heavy atom. The summed E-state index contributed by atoms with van der Waals surface area (Å²) in [6.07, 6.45) is 0. The molecule has 1 N–H and O–H groups in total. The zero-order valence-electron chi connectivity index (χ0n) is 18.4. The Kier molecular flexibility index (Phi) is 7.92. The molecule has 0 aliphatic heterocycles. The highest BCUT2D eigenvalue weighted by atomic mass is 32.2. The number of methoxy groups -OCH3 is 1. The van der Waals surface area contributed by atoms with E-state index in [1.54, 1.807) is 20.8 Å². The molecule has 0 aliphatic rings. The van der Waals surface area contributed by atoms with Crippen molar-refractivity contribution >= 4 is 27.7 Å². The van der Waals surface area contributed by atoms with Gasteiger partial charge in [-0.25, -0.2) is 22.4 Å². The van der Waals surface area contributed by atoms with Crippen LogP contribution in [-0.4, -0.2) is 62.2 Å². The molecule has 0 spiro atoms. The molecule has 0 fully saturated rings. The summed E-state index contributed by atoms with van der Waals surface area (Å²) >= 11 is 0. The number of hydrogen-bond donors (Lipinski definition) is 1. The number of rotatable bonds is 9. The molecule has 11 heteroatoms.